The Morgan fingerprint density at radius 3 is 2.62 bits per heavy atom. The van der Waals surface area contributed by atoms with Gasteiger partial charge in [-0.15, -0.1) is 0 Å². The van der Waals surface area contributed by atoms with E-state index >= 15 is 0 Å². The maximum absolute atomic E-state index is 12.5. The number of carbonyl (C=O) groups excluding carboxylic acids is 1. The summed E-state index contributed by atoms with van der Waals surface area (Å²) < 4.78 is 6.27. The van der Waals surface area contributed by atoms with E-state index in [1.165, 1.54) is 24.0 Å². The van der Waals surface area contributed by atoms with Gasteiger partial charge in [0, 0.05) is 0 Å². The second-order valence-electron chi connectivity index (χ2n) is 5.93. The number of aryl methyl sites for hydroxylation is 1. The van der Waals surface area contributed by atoms with E-state index in [1.54, 1.807) is 0 Å². The molecule has 1 aliphatic carbocycles. The standard InChI is InChI=1S/C19H18O2/c20-17-12-18(14-7-2-1-3-8-14)21-19-15-9-5-4-6-13(15)10-11-16(17)19/h1-3,7-8,10-11,18H,4-6,9,12H2/t18-/m1/s1. The molecule has 2 aromatic carbocycles. The number of hydrogen-bond donors (Lipinski definition) is 0. The van der Waals surface area contributed by atoms with Crippen LogP contribution in [0.2, 0.25) is 0 Å². The quantitative estimate of drug-likeness (QED) is 0.778. The van der Waals surface area contributed by atoms with E-state index in [0.29, 0.717) is 6.42 Å². The average Bonchev–Trinajstić information content (AvgIpc) is 2.55. The fourth-order valence-corrected chi connectivity index (χ4v) is 3.46. The molecule has 0 bridgehead atoms. The number of benzene rings is 2. The van der Waals surface area contributed by atoms with Gasteiger partial charge in [-0.2, -0.15) is 0 Å². The third-order valence-corrected chi connectivity index (χ3v) is 4.58. The summed E-state index contributed by atoms with van der Waals surface area (Å²) >= 11 is 0. The van der Waals surface area contributed by atoms with Crippen LogP contribution in [-0.2, 0) is 12.8 Å². The van der Waals surface area contributed by atoms with Crippen molar-refractivity contribution in [3.63, 3.8) is 0 Å². The van der Waals surface area contributed by atoms with Crippen molar-refractivity contribution >= 4 is 5.78 Å². The van der Waals surface area contributed by atoms with Crippen molar-refractivity contribution in [1.82, 2.24) is 0 Å². The Bertz CT molecular complexity index is 688. The van der Waals surface area contributed by atoms with Gasteiger partial charge in [-0.3, -0.25) is 4.79 Å². The monoisotopic (exact) mass is 278 g/mol. The van der Waals surface area contributed by atoms with Gasteiger partial charge in [-0.05, 0) is 48.4 Å². The van der Waals surface area contributed by atoms with Crippen LogP contribution in [0.4, 0.5) is 0 Å². The van der Waals surface area contributed by atoms with Gasteiger partial charge in [-0.1, -0.05) is 36.4 Å². The molecular weight excluding hydrogens is 260 g/mol. The van der Waals surface area contributed by atoms with Crippen LogP contribution in [0.3, 0.4) is 0 Å². The van der Waals surface area contributed by atoms with Crippen LogP contribution in [0.25, 0.3) is 0 Å². The van der Waals surface area contributed by atoms with Gasteiger partial charge < -0.3 is 4.74 Å². The fraction of sp³-hybridized carbons (Fsp3) is 0.316. The molecule has 4 rings (SSSR count). The molecule has 0 aromatic heterocycles. The summed E-state index contributed by atoms with van der Waals surface area (Å²) in [6, 6.07) is 14.2. The Labute approximate surface area is 124 Å². The Hall–Kier alpha value is -2.09. The first-order chi connectivity index (χ1) is 10.3. The summed E-state index contributed by atoms with van der Waals surface area (Å²) in [5.41, 5.74) is 4.50. The number of ether oxygens (including phenoxy) is 1. The average molecular weight is 278 g/mol. The number of rotatable bonds is 1. The summed E-state index contributed by atoms with van der Waals surface area (Å²) in [5.74, 6) is 1.07. The lowest BCUT2D eigenvalue weighted by molar-refractivity contribution is 0.0847. The smallest absolute Gasteiger partial charge is 0.170 e. The lowest BCUT2D eigenvalue weighted by atomic mass is 9.86. The van der Waals surface area contributed by atoms with Crippen molar-refractivity contribution in [1.29, 1.82) is 0 Å². The van der Waals surface area contributed by atoms with Crippen molar-refractivity contribution in [3.8, 4) is 5.75 Å². The topological polar surface area (TPSA) is 26.3 Å². The third kappa shape index (κ3) is 2.15. The third-order valence-electron chi connectivity index (χ3n) is 4.58. The Balaban J connectivity index is 1.78. The van der Waals surface area contributed by atoms with Gasteiger partial charge in [0.2, 0.25) is 0 Å². The van der Waals surface area contributed by atoms with Crippen LogP contribution < -0.4 is 4.74 Å². The molecule has 1 aliphatic heterocycles. The van der Waals surface area contributed by atoms with Crippen LogP contribution in [0.5, 0.6) is 5.75 Å². The molecule has 0 N–H and O–H groups in total. The summed E-state index contributed by atoms with van der Waals surface area (Å²) in [4.78, 5) is 12.5. The molecule has 0 saturated carbocycles. The summed E-state index contributed by atoms with van der Waals surface area (Å²) in [6.45, 7) is 0. The molecule has 0 spiro atoms. The van der Waals surface area contributed by atoms with E-state index in [9.17, 15) is 4.79 Å². The fourth-order valence-electron chi connectivity index (χ4n) is 3.46. The SMILES string of the molecule is O=C1C[C@H](c2ccccc2)Oc2c1ccc1c2CCCC1. The van der Waals surface area contributed by atoms with Crippen molar-refractivity contribution < 1.29 is 9.53 Å². The number of carbonyl (C=O) groups is 1. The minimum atomic E-state index is -0.139. The maximum Gasteiger partial charge on any atom is 0.170 e. The zero-order chi connectivity index (χ0) is 14.2. The van der Waals surface area contributed by atoms with Gasteiger partial charge in [0.25, 0.3) is 0 Å². The van der Waals surface area contributed by atoms with E-state index in [1.807, 2.05) is 36.4 Å². The van der Waals surface area contributed by atoms with Crippen molar-refractivity contribution in [2.75, 3.05) is 0 Å². The zero-order valence-corrected chi connectivity index (χ0v) is 12.0. The second kappa shape index (κ2) is 5.03. The van der Waals surface area contributed by atoms with E-state index < -0.39 is 0 Å². The van der Waals surface area contributed by atoms with E-state index in [4.69, 9.17) is 4.74 Å². The number of hydrogen-bond acceptors (Lipinski definition) is 2. The Kier molecular flexibility index (Phi) is 3.03. The number of fused-ring (bicyclic) bond motifs is 3. The van der Waals surface area contributed by atoms with Crippen LogP contribution in [-0.4, -0.2) is 5.78 Å². The first-order valence-electron chi connectivity index (χ1n) is 7.72. The lowest BCUT2D eigenvalue weighted by Crippen LogP contribution is -2.22. The summed E-state index contributed by atoms with van der Waals surface area (Å²) in [5, 5.41) is 0. The molecule has 0 fully saturated rings. The molecule has 106 valence electrons. The highest BCUT2D eigenvalue weighted by atomic mass is 16.5. The van der Waals surface area contributed by atoms with Gasteiger partial charge >= 0.3 is 0 Å². The first kappa shape index (κ1) is 12.6. The van der Waals surface area contributed by atoms with E-state index in [2.05, 4.69) is 6.07 Å². The van der Waals surface area contributed by atoms with E-state index in [-0.39, 0.29) is 11.9 Å². The number of ketones is 1. The molecule has 0 amide bonds. The van der Waals surface area contributed by atoms with Crippen LogP contribution in [0.1, 0.15) is 52.4 Å². The molecular formula is C19H18O2. The van der Waals surface area contributed by atoms with E-state index in [0.717, 1.165) is 29.7 Å². The van der Waals surface area contributed by atoms with Gasteiger partial charge in [-0.25, -0.2) is 0 Å². The second-order valence-corrected chi connectivity index (χ2v) is 5.93. The molecule has 0 saturated heterocycles. The molecule has 0 unspecified atom stereocenters. The van der Waals surface area contributed by atoms with Crippen LogP contribution >= 0.6 is 0 Å². The van der Waals surface area contributed by atoms with Crippen molar-refractivity contribution in [2.24, 2.45) is 0 Å². The maximum atomic E-state index is 12.5. The van der Waals surface area contributed by atoms with Crippen LogP contribution in [0.15, 0.2) is 42.5 Å². The first-order valence-corrected chi connectivity index (χ1v) is 7.72. The molecule has 2 heteroatoms. The lowest BCUT2D eigenvalue weighted by Gasteiger charge is -2.30. The van der Waals surface area contributed by atoms with Crippen LogP contribution in [0, 0.1) is 0 Å². The highest BCUT2D eigenvalue weighted by Gasteiger charge is 2.30. The Morgan fingerprint density at radius 1 is 0.952 bits per heavy atom. The minimum absolute atomic E-state index is 0.139. The van der Waals surface area contributed by atoms with Gasteiger partial charge in [0.15, 0.2) is 5.78 Å². The van der Waals surface area contributed by atoms with Crippen molar-refractivity contribution in [2.45, 2.75) is 38.2 Å². The normalized spacial score (nSPS) is 20.4. The predicted octanol–water partition coefficient (Wildman–Crippen LogP) is 4.27. The predicted molar refractivity (Wildman–Crippen MR) is 81.8 cm³/mol. The largest absolute Gasteiger partial charge is 0.484 e. The van der Waals surface area contributed by atoms with Gasteiger partial charge in [0.1, 0.15) is 11.9 Å². The molecule has 1 atom stereocenters. The molecule has 2 nitrogen and oxygen atoms in total. The molecule has 0 radical (unpaired) electrons. The zero-order valence-electron chi connectivity index (χ0n) is 12.0. The molecule has 1 heterocycles. The molecule has 21 heavy (non-hydrogen) atoms. The number of Topliss-reactive ketones (excluding diaryl/α,β-unsaturated/α-hetero) is 1. The summed E-state index contributed by atoms with van der Waals surface area (Å²) in [7, 11) is 0. The summed E-state index contributed by atoms with van der Waals surface area (Å²) in [6.07, 6.45) is 4.87. The Morgan fingerprint density at radius 2 is 1.76 bits per heavy atom. The molecule has 2 aromatic rings. The molecule has 2 aliphatic rings. The highest BCUT2D eigenvalue weighted by molar-refractivity contribution is 6.00. The highest BCUT2D eigenvalue weighted by Crippen LogP contribution is 2.40. The van der Waals surface area contributed by atoms with Crippen molar-refractivity contribution in [3.05, 3.63) is 64.7 Å². The minimum Gasteiger partial charge on any atom is -0.484 e. The van der Waals surface area contributed by atoms with Gasteiger partial charge in [0.05, 0.1) is 12.0 Å².